The number of anilines is 1. The summed E-state index contributed by atoms with van der Waals surface area (Å²) in [5.41, 5.74) is 0.969. The average Bonchev–Trinajstić information content (AvgIpc) is 3.37. The number of rotatable bonds is 2. The minimum Gasteiger partial charge on any atom is -0.321 e. The first-order chi connectivity index (χ1) is 15.8. The number of nitrogens with one attached hydrogen (secondary N) is 1. The summed E-state index contributed by atoms with van der Waals surface area (Å²) in [4.78, 5) is 16.5. The topological polar surface area (TPSA) is 59.8 Å². The van der Waals surface area contributed by atoms with Gasteiger partial charge in [0.25, 0.3) is 5.91 Å². The summed E-state index contributed by atoms with van der Waals surface area (Å²) in [5, 5.41) is 8.85. The van der Waals surface area contributed by atoms with E-state index in [0.717, 1.165) is 4.68 Å². The fourth-order valence-corrected chi connectivity index (χ4v) is 4.56. The third kappa shape index (κ3) is 2.91. The van der Waals surface area contributed by atoms with E-state index in [1.54, 1.807) is 48.5 Å². The lowest BCUT2D eigenvalue weighted by Crippen LogP contribution is -2.15. The third-order valence-corrected chi connectivity index (χ3v) is 6.09. The Morgan fingerprint density at radius 3 is 2.58 bits per heavy atom. The number of amides is 1. The number of alkyl halides is 3. The van der Waals surface area contributed by atoms with E-state index in [4.69, 9.17) is 11.6 Å². The van der Waals surface area contributed by atoms with Gasteiger partial charge in [-0.3, -0.25) is 9.78 Å². The Kier molecular flexibility index (Phi) is 4.07. The Balaban J connectivity index is 1.62. The minimum absolute atomic E-state index is 0.116. The van der Waals surface area contributed by atoms with E-state index in [0.29, 0.717) is 37.9 Å². The molecule has 1 aliphatic rings. The van der Waals surface area contributed by atoms with Gasteiger partial charge < -0.3 is 5.32 Å². The molecule has 162 valence electrons. The zero-order valence-electron chi connectivity index (χ0n) is 16.6. The molecule has 33 heavy (non-hydrogen) atoms. The van der Waals surface area contributed by atoms with Gasteiger partial charge >= 0.3 is 6.18 Å². The highest BCUT2D eigenvalue weighted by Crippen LogP contribution is 2.42. The van der Waals surface area contributed by atoms with Crippen LogP contribution in [-0.4, -0.2) is 20.7 Å². The molecule has 0 spiro atoms. The number of benzene rings is 3. The van der Waals surface area contributed by atoms with Gasteiger partial charge in [-0.05, 0) is 36.4 Å². The zero-order chi connectivity index (χ0) is 22.9. The Bertz CT molecular complexity index is 1620. The Morgan fingerprint density at radius 2 is 1.76 bits per heavy atom. The number of carbonyl (C=O) groups is 1. The number of aromatic nitrogens is 3. The van der Waals surface area contributed by atoms with Gasteiger partial charge in [0.1, 0.15) is 0 Å². The smallest absolute Gasteiger partial charge is 0.321 e. The van der Waals surface area contributed by atoms with Crippen molar-refractivity contribution in [3.05, 3.63) is 83.3 Å². The SMILES string of the molecule is O=C1Nc2ccc(-n3ncc(-c4cnc5cccc(Cl)c5c4)c3C(F)(F)F)c3cccc1c23. The quantitative estimate of drug-likeness (QED) is 0.325. The van der Waals surface area contributed by atoms with Crippen LogP contribution in [0.15, 0.2) is 67.0 Å². The molecule has 0 fully saturated rings. The normalized spacial score (nSPS) is 13.2. The molecule has 5 nitrogen and oxygen atoms in total. The second kappa shape index (κ2) is 6.79. The lowest BCUT2D eigenvalue weighted by molar-refractivity contribution is -0.142. The van der Waals surface area contributed by atoms with Crippen LogP contribution in [0.4, 0.5) is 18.9 Å². The molecule has 3 aromatic carbocycles. The van der Waals surface area contributed by atoms with Crippen LogP contribution in [0, 0.1) is 0 Å². The molecule has 0 aliphatic carbocycles. The highest BCUT2D eigenvalue weighted by Gasteiger charge is 2.39. The lowest BCUT2D eigenvalue weighted by atomic mass is 10.0. The molecule has 3 heterocycles. The van der Waals surface area contributed by atoms with Crippen LogP contribution in [0.2, 0.25) is 5.02 Å². The summed E-state index contributed by atoms with van der Waals surface area (Å²) in [6.07, 6.45) is -2.15. The van der Waals surface area contributed by atoms with E-state index in [-0.39, 0.29) is 22.7 Å². The van der Waals surface area contributed by atoms with Gasteiger partial charge in [0.15, 0.2) is 5.69 Å². The standard InChI is InChI=1S/C24H12ClF3N4O/c25-17-5-2-6-18-15(17)9-12(10-29-18)16-11-30-32(22(16)24(26,27)28)20-8-7-19-21-13(20)3-1-4-14(21)23(33)31-19/h1-11H,(H,31,33). The molecule has 1 amide bonds. The van der Waals surface area contributed by atoms with E-state index < -0.39 is 11.9 Å². The molecule has 0 saturated heterocycles. The van der Waals surface area contributed by atoms with Crippen molar-refractivity contribution in [3.8, 4) is 16.8 Å². The maximum Gasteiger partial charge on any atom is 0.434 e. The number of fused-ring (bicyclic) bond motifs is 1. The van der Waals surface area contributed by atoms with Crippen molar-refractivity contribution >= 4 is 44.9 Å². The maximum atomic E-state index is 14.4. The Labute approximate surface area is 189 Å². The van der Waals surface area contributed by atoms with Gasteiger partial charge in [0, 0.05) is 49.8 Å². The van der Waals surface area contributed by atoms with Crippen LogP contribution >= 0.6 is 11.6 Å². The monoisotopic (exact) mass is 464 g/mol. The number of pyridine rings is 1. The van der Waals surface area contributed by atoms with Gasteiger partial charge in [0.05, 0.1) is 17.4 Å². The van der Waals surface area contributed by atoms with Crippen molar-refractivity contribution in [1.82, 2.24) is 14.8 Å². The van der Waals surface area contributed by atoms with Crippen molar-refractivity contribution < 1.29 is 18.0 Å². The molecule has 0 unspecified atom stereocenters. The van der Waals surface area contributed by atoms with Crippen LogP contribution in [0.5, 0.6) is 0 Å². The Hall–Kier alpha value is -3.91. The third-order valence-electron chi connectivity index (χ3n) is 5.76. The first-order valence-corrected chi connectivity index (χ1v) is 10.3. The highest BCUT2D eigenvalue weighted by molar-refractivity contribution is 6.35. The van der Waals surface area contributed by atoms with Crippen molar-refractivity contribution in [3.63, 3.8) is 0 Å². The zero-order valence-corrected chi connectivity index (χ0v) is 17.4. The summed E-state index contributed by atoms with van der Waals surface area (Å²) in [5.74, 6) is -0.288. The van der Waals surface area contributed by atoms with Gasteiger partial charge in [-0.15, -0.1) is 0 Å². The van der Waals surface area contributed by atoms with Crippen LogP contribution in [-0.2, 0) is 6.18 Å². The lowest BCUT2D eigenvalue weighted by Gasteiger charge is -2.15. The molecule has 2 aromatic heterocycles. The summed E-state index contributed by atoms with van der Waals surface area (Å²) < 4.78 is 44.0. The van der Waals surface area contributed by atoms with Crippen LogP contribution in [0.1, 0.15) is 16.1 Å². The molecular formula is C24H12ClF3N4O. The van der Waals surface area contributed by atoms with Gasteiger partial charge in [-0.1, -0.05) is 29.8 Å². The van der Waals surface area contributed by atoms with E-state index in [1.807, 2.05) is 0 Å². The van der Waals surface area contributed by atoms with E-state index >= 15 is 0 Å². The summed E-state index contributed by atoms with van der Waals surface area (Å²) in [6, 6.07) is 14.8. The first-order valence-electron chi connectivity index (χ1n) is 9.90. The molecule has 0 saturated carbocycles. The van der Waals surface area contributed by atoms with Gasteiger partial charge in [-0.2, -0.15) is 18.3 Å². The molecule has 1 aliphatic heterocycles. The van der Waals surface area contributed by atoms with Crippen molar-refractivity contribution in [2.45, 2.75) is 6.18 Å². The second-order valence-corrected chi connectivity index (χ2v) is 8.07. The molecule has 0 atom stereocenters. The number of hydrogen-bond donors (Lipinski definition) is 1. The van der Waals surface area contributed by atoms with Crippen molar-refractivity contribution in [1.29, 1.82) is 0 Å². The molecule has 0 radical (unpaired) electrons. The molecule has 9 heteroatoms. The first kappa shape index (κ1) is 19.8. The van der Waals surface area contributed by atoms with E-state index in [1.165, 1.54) is 18.5 Å². The number of halogens is 4. The molecular weight excluding hydrogens is 453 g/mol. The molecule has 6 rings (SSSR count). The fourth-order valence-electron chi connectivity index (χ4n) is 4.33. The average molecular weight is 465 g/mol. The Morgan fingerprint density at radius 1 is 0.939 bits per heavy atom. The van der Waals surface area contributed by atoms with E-state index in [2.05, 4.69) is 15.4 Å². The number of nitrogens with zero attached hydrogens (tertiary/aromatic N) is 3. The molecule has 1 N–H and O–H groups in total. The minimum atomic E-state index is -4.71. The van der Waals surface area contributed by atoms with E-state index in [9.17, 15) is 18.0 Å². The van der Waals surface area contributed by atoms with Crippen LogP contribution in [0.3, 0.4) is 0 Å². The van der Waals surface area contributed by atoms with Crippen molar-refractivity contribution in [2.75, 3.05) is 5.32 Å². The summed E-state index contributed by atoms with van der Waals surface area (Å²) in [6.45, 7) is 0. The number of hydrogen-bond acceptors (Lipinski definition) is 3. The van der Waals surface area contributed by atoms with Crippen molar-refractivity contribution in [2.24, 2.45) is 0 Å². The maximum absolute atomic E-state index is 14.4. The largest absolute Gasteiger partial charge is 0.434 e. The fraction of sp³-hybridized carbons (Fsp3) is 0.0417. The molecule has 5 aromatic rings. The van der Waals surface area contributed by atoms with Gasteiger partial charge in [0.2, 0.25) is 0 Å². The van der Waals surface area contributed by atoms with Gasteiger partial charge in [-0.25, -0.2) is 4.68 Å². The number of carbonyl (C=O) groups excluding carboxylic acids is 1. The predicted molar refractivity (Wildman–Crippen MR) is 120 cm³/mol. The highest BCUT2D eigenvalue weighted by atomic mass is 35.5. The van der Waals surface area contributed by atoms with Crippen LogP contribution in [0.25, 0.3) is 38.5 Å². The van der Waals surface area contributed by atoms with Crippen LogP contribution < -0.4 is 5.32 Å². The predicted octanol–water partition coefficient (Wildman–Crippen LogP) is 6.48. The second-order valence-electron chi connectivity index (χ2n) is 7.66. The summed E-state index contributed by atoms with van der Waals surface area (Å²) >= 11 is 6.24. The molecule has 0 bridgehead atoms. The summed E-state index contributed by atoms with van der Waals surface area (Å²) in [7, 11) is 0.